The van der Waals surface area contributed by atoms with E-state index in [-0.39, 0.29) is 54.5 Å². The van der Waals surface area contributed by atoms with E-state index in [2.05, 4.69) is 10.3 Å². The smallest absolute Gasteiger partial charge is 0.261 e. The first-order valence-corrected chi connectivity index (χ1v) is 17.9. The number of likely N-dealkylation sites (N-methyl/N-ethyl adjacent to an activating group) is 1. The number of ether oxygens (including phenoxy) is 2. The van der Waals surface area contributed by atoms with E-state index in [4.69, 9.17) is 9.47 Å². The first-order chi connectivity index (χ1) is 21.9. The van der Waals surface area contributed by atoms with Crippen LogP contribution in [-0.2, 0) is 26.6 Å². The number of carbonyl (C=O) groups excluding carboxylic acids is 2. The monoisotopic (exact) mass is 661 g/mol. The second kappa shape index (κ2) is 16.2. The second-order valence-electron chi connectivity index (χ2n) is 13.0. The van der Waals surface area contributed by atoms with Gasteiger partial charge in [-0.25, -0.2) is 13.4 Å². The van der Waals surface area contributed by atoms with Gasteiger partial charge in [0.1, 0.15) is 5.75 Å². The van der Waals surface area contributed by atoms with Crippen molar-refractivity contribution in [1.82, 2.24) is 18.8 Å². The predicted octanol–water partition coefficient (Wildman–Crippen LogP) is 4.06. The number of benzene rings is 1. The van der Waals surface area contributed by atoms with E-state index in [1.165, 1.54) is 23.9 Å². The topological polar surface area (TPSA) is 143 Å². The molecule has 0 radical (unpaired) electrons. The number of anilines is 1. The zero-order chi connectivity index (χ0) is 33.4. The van der Waals surface area contributed by atoms with Crippen LogP contribution in [-0.4, -0.2) is 95.7 Å². The van der Waals surface area contributed by atoms with Gasteiger partial charge in [0.25, 0.3) is 15.9 Å². The number of amides is 2. The van der Waals surface area contributed by atoms with E-state index >= 15 is 0 Å². The lowest BCUT2D eigenvalue weighted by Gasteiger charge is -2.35. The van der Waals surface area contributed by atoms with Crippen LogP contribution in [0.1, 0.15) is 82.5 Å². The molecule has 2 N–H and O–H groups in total. The number of rotatable bonds is 8. The van der Waals surface area contributed by atoms with Gasteiger partial charge in [0.15, 0.2) is 5.03 Å². The highest BCUT2D eigenvalue weighted by atomic mass is 32.2. The lowest BCUT2D eigenvalue weighted by atomic mass is 9.88. The molecular weight excluding hydrogens is 610 g/mol. The number of sulfonamides is 1. The van der Waals surface area contributed by atoms with Crippen LogP contribution in [0.5, 0.6) is 5.75 Å². The summed E-state index contributed by atoms with van der Waals surface area (Å²) in [7, 11) is -0.656. The van der Waals surface area contributed by atoms with Gasteiger partial charge in [-0.3, -0.25) is 9.59 Å². The highest BCUT2D eigenvalue weighted by Gasteiger charge is 2.33. The van der Waals surface area contributed by atoms with Gasteiger partial charge in [-0.15, -0.1) is 0 Å². The van der Waals surface area contributed by atoms with Crippen molar-refractivity contribution in [2.45, 2.75) is 95.4 Å². The molecule has 1 aromatic carbocycles. The maximum Gasteiger partial charge on any atom is 0.261 e. The van der Waals surface area contributed by atoms with Crippen LogP contribution >= 0.6 is 0 Å². The molecule has 0 saturated heterocycles. The van der Waals surface area contributed by atoms with E-state index < -0.39 is 22.2 Å². The molecule has 12 nitrogen and oxygen atoms in total. The third kappa shape index (κ3) is 9.08. The van der Waals surface area contributed by atoms with Gasteiger partial charge in [-0.2, -0.15) is 4.31 Å². The maximum atomic E-state index is 14.3. The number of carbonyl (C=O) groups is 2. The molecule has 2 aromatic rings. The molecule has 256 valence electrons. The zero-order valence-electron chi connectivity index (χ0n) is 27.9. The highest BCUT2D eigenvalue weighted by molar-refractivity contribution is 7.89. The largest absolute Gasteiger partial charge is 0.490 e. The number of imidazole rings is 1. The highest BCUT2D eigenvalue weighted by Crippen LogP contribution is 2.30. The molecule has 1 saturated carbocycles. The molecule has 13 heteroatoms. The van der Waals surface area contributed by atoms with Crippen LogP contribution < -0.4 is 10.1 Å². The molecule has 0 spiro atoms. The molecule has 2 heterocycles. The number of aliphatic hydroxyl groups excluding tert-OH is 1. The Morgan fingerprint density at radius 1 is 1.15 bits per heavy atom. The Morgan fingerprint density at radius 3 is 2.54 bits per heavy atom. The number of aromatic nitrogens is 2. The average molecular weight is 662 g/mol. The van der Waals surface area contributed by atoms with Crippen LogP contribution in [0, 0.1) is 11.8 Å². The summed E-state index contributed by atoms with van der Waals surface area (Å²) in [6.45, 7) is 6.03. The Morgan fingerprint density at radius 2 is 1.87 bits per heavy atom. The molecule has 46 heavy (non-hydrogen) atoms. The standard InChI is InChI=1S/C33H51N5O7S/c1-23-18-38(24(2)21-39)33(41)28-17-27(35-32(40)26-12-7-6-8-13-26)14-15-29(28)45-25(3)11-9-10-16-44-30(23)19-37(5)46(42,43)31-20-36(4)22-34-31/h14-15,17,20,22-26,30,39H,6-13,16,18-19,21H2,1-5H3,(H,35,40)/t23-,24+,25-,30+/m1/s1. The van der Waals surface area contributed by atoms with E-state index in [1.807, 2.05) is 13.8 Å². The third-order valence-electron chi connectivity index (χ3n) is 9.09. The van der Waals surface area contributed by atoms with Crippen LogP contribution in [0.25, 0.3) is 0 Å². The number of hydrogen-bond acceptors (Lipinski definition) is 8. The summed E-state index contributed by atoms with van der Waals surface area (Å²) in [5, 5.41) is 13.2. The SMILES string of the molecule is C[C@@H]1CCCCO[C@@H](CN(C)S(=O)(=O)c2cn(C)cn2)[C@H](C)CN([C@@H](C)CO)C(=O)c2cc(NC(=O)C3CCCCC3)ccc2O1. The number of aliphatic hydroxyl groups is 1. The number of nitrogens with one attached hydrogen (secondary N) is 1. The van der Waals surface area contributed by atoms with E-state index in [9.17, 15) is 23.1 Å². The molecule has 1 aliphatic carbocycles. The first kappa shape index (κ1) is 35.8. The number of nitrogens with zero attached hydrogens (tertiary/aromatic N) is 4. The summed E-state index contributed by atoms with van der Waals surface area (Å²) in [5.74, 6) is -0.324. The predicted molar refractivity (Wildman–Crippen MR) is 175 cm³/mol. The van der Waals surface area contributed by atoms with Crippen LogP contribution in [0.15, 0.2) is 35.7 Å². The van der Waals surface area contributed by atoms with Gasteiger partial charge < -0.3 is 29.4 Å². The van der Waals surface area contributed by atoms with Crippen molar-refractivity contribution in [2.24, 2.45) is 18.9 Å². The summed E-state index contributed by atoms with van der Waals surface area (Å²) in [4.78, 5) is 33.0. The van der Waals surface area contributed by atoms with Gasteiger partial charge >= 0.3 is 0 Å². The zero-order valence-corrected chi connectivity index (χ0v) is 28.7. The van der Waals surface area contributed by atoms with Gasteiger partial charge in [-0.05, 0) is 64.2 Å². The van der Waals surface area contributed by atoms with Crippen LogP contribution in [0.3, 0.4) is 0 Å². The van der Waals surface area contributed by atoms with Crippen molar-refractivity contribution < 1.29 is 32.6 Å². The Labute approximate surface area is 273 Å². The van der Waals surface area contributed by atoms with Crippen molar-refractivity contribution in [2.75, 3.05) is 38.7 Å². The molecule has 1 fully saturated rings. The van der Waals surface area contributed by atoms with Crippen molar-refractivity contribution in [1.29, 1.82) is 0 Å². The van der Waals surface area contributed by atoms with Gasteiger partial charge in [0, 0.05) is 57.5 Å². The summed E-state index contributed by atoms with van der Waals surface area (Å²) in [6.07, 6.45) is 9.40. The number of aryl methyl sites for hydroxylation is 1. The van der Waals surface area contributed by atoms with Crippen molar-refractivity contribution in [3.63, 3.8) is 0 Å². The summed E-state index contributed by atoms with van der Waals surface area (Å²) in [6, 6.07) is 4.62. The average Bonchev–Trinajstić information content (AvgIpc) is 3.49. The molecule has 0 unspecified atom stereocenters. The number of fused-ring (bicyclic) bond motifs is 1. The minimum Gasteiger partial charge on any atom is -0.490 e. The summed E-state index contributed by atoms with van der Waals surface area (Å²) in [5.41, 5.74) is 0.817. The van der Waals surface area contributed by atoms with Gasteiger partial charge in [-0.1, -0.05) is 26.2 Å². The third-order valence-corrected chi connectivity index (χ3v) is 10.8. The molecule has 4 atom stereocenters. The molecule has 2 aliphatic rings. The fourth-order valence-electron chi connectivity index (χ4n) is 6.11. The van der Waals surface area contributed by atoms with E-state index in [0.29, 0.717) is 23.6 Å². The fourth-order valence-corrected chi connectivity index (χ4v) is 7.25. The fraction of sp³-hybridized carbons (Fsp3) is 0.667. The molecule has 2 amide bonds. The molecule has 4 rings (SSSR count). The van der Waals surface area contributed by atoms with Crippen LogP contribution in [0.4, 0.5) is 5.69 Å². The van der Waals surface area contributed by atoms with Crippen molar-refractivity contribution >= 4 is 27.5 Å². The van der Waals surface area contributed by atoms with Crippen LogP contribution in [0.2, 0.25) is 0 Å². The van der Waals surface area contributed by atoms with E-state index in [1.54, 1.807) is 41.6 Å². The molecule has 1 aliphatic heterocycles. The Balaban J connectivity index is 1.63. The normalized spacial score (nSPS) is 23.3. The minimum atomic E-state index is -3.87. The minimum absolute atomic E-state index is 0.0405. The molecular formula is C33H51N5O7S. The van der Waals surface area contributed by atoms with Gasteiger partial charge in [0.05, 0.1) is 36.7 Å². The number of hydrogen-bond donors (Lipinski definition) is 2. The Bertz CT molecular complexity index is 1430. The Hall–Kier alpha value is -3.00. The van der Waals surface area contributed by atoms with Crippen molar-refractivity contribution in [3.05, 3.63) is 36.3 Å². The molecule has 0 bridgehead atoms. The second-order valence-corrected chi connectivity index (χ2v) is 15.0. The summed E-state index contributed by atoms with van der Waals surface area (Å²) < 4.78 is 42.0. The Kier molecular flexibility index (Phi) is 12.6. The van der Waals surface area contributed by atoms with Crippen molar-refractivity contribution in [3.8, 4) is 5.75 Å². The first-order valence-electron chi connectivity index (χ1n) is 16.5. The summed E-state index contributed by atoms with van der Waals surface area (Å²) >= 11 is 0. The molecule has 1 aromatic heterocycles. The lowest BCUT2D eigenvalue weighted by molar-refractivity contribution is -0.120. The lowest BCUT2D eigenvalue weighted by Crippen LogP contribution is -2.48. The van der Waals surface area contributed by atoms with E-state index in [0.717, 1.165) is 51.4 Å². The maximum absolute atomic E-state index is 14.3. The van der Waals surface area contributed by atoms with Gasteiger partial charge in [0.2, 0.25) is 5.91 Å². The quantitative estimate of drug-likeness (QED) is 0.432.